The smallest absolute Gasteiger partial charge is 0.348 e. The standard InChI is InChI=1S/C25H27NO6/c1-5-30-25(28)20(16-26)14-19-10-11-21(23(15-19)29-4)32-24(27)7-6-12-31-22-13-17(2)8-9-18(22)3/h8-11,13-15H,5-7,12H2,1-4H3. The zero-order chi connectivity index (χ0) is 23.5. The topological polar surface area (TPSA) is 94.9 Å². The van der Waals surface area contributed by atoms with Crippen molar-refractivity contribution in [2.75, 3.05) is 20.3 Å². The molecule has 0 aliphatic heterocycles. The molecular weight excluding hydrogens is 410 g/mol. The maximum Gasteiger partial charge on any atom is 0.348 e. The van der Waals surface area contributed by atoms with Gasteiger partial charge in [0.05, 0.1) is 20.3 Å². The number of nitriles is 1. The molecule has 0 radical (unpaired) electrons. The van der Waals surface area contributed by atoms with Crippen LogP contribution in [-0.2, 0) is 14.3 Å². The van der Waals surface area contributed by atoms with Gasteiger partial charge in [0, 0.05) is 6.42 Å². The Balaban J connectivity index is 1.95. The fourth-order valence-electron chi connectivity index (χ4n) is 2.81. The Kier molecular flexibility index (Phi) is 9.30. The highest BCUT2D eigenvalue weighted by Gasteiger charge is 2.13. The molecule has 2 aromatic rings. The fraction of sp³-hybridized carbons (Fsp3) is 0.320. The minimum absolute atomic E-state index is 0.137. The Bertz CT molecular complexity index is 1040. The summed E-state index contributed by atoms with van der Waals surface area (Å²) in [6.45, 7) is 6.20. The van der Waals surface area contributed by atoms with E-state index in [0.717, 1.165) is 16.9 Å². The number of hydrogen-bond acceptors (Lipinski definition) is 7. The summed E-state index contributed by atoms with van der Waals surface area (Å²) >= 11 is 0. The van der Waals surface area contributed by atoms with Crippen LogP contribution in [0.25, 0.3) is 6.08 Å². The highest BCUT2D eigenvalue weighted by atomic mass is 16.6. The summed E-state index contributed by atoms with van der Waals surface area (Å²) in [5.41, 5.74) is 2.55. The van der Waals surface area contributed by atoms with Gasteiger partial charge in [-0.3, -0.25) is 4.79 Å². The Labute approximate surface area is 188 Å². The molecule has 0 N–H and O–H groups in total. The van der Waals surface area contributed by atoms with Gasteiger partial charge in [0.15, 0.2) is 11.5 Å². The molecule has 0 fully saturated rings. The average Bonchev–Trinajstić information content (AvgIpc) is 2.78. The van der Waals surface area contributed by atoms with Crippen LogP contribution < -0.4 is 14.2 Å². The molecule has 7 nitrogen and oxygen atoms in total. The molecule has 2 aromatic carbocycles. The van der Waals surface area contributed by atoms with Crippen LogP contribution in [0.3, 0.4) is 0 Å². The molecule has 2 rings (SSSR count). The zero-order valence-electron chi connectivity index (χ0n) is 18.8. The molecule has 7 heteroatoms. The lowest BCUT2D eigenvalue weighted by atomic mass is 10.1. The second-order valence-corrected chi connectivity index (χ2v) is 7.00. The Morgan fingerprint density at radius 3 is 2.53 bits per heavy atom. The Morgan fingerprint density at radius 2 is 1.84 bits per heavy atom. The number of aryl methyl sites for hydroxylation is 2. The van der Waals surface area contributed by atoms with Crippen molar-refractivity contribution in [3.8, 4) is 23.3 Å². The summed E-state index contributed by atoms with van der Waals surface area (Å²) in [5, 5.41) is 9.16. The van der Waals surface area contributed by atoms with Gasteiger partial charge in [-0.25, -0.2) is 4.79 Å². The van der Waals surface area contributed by atoms with E-state index in [0.29, 0.717) is 24.3 Å². The van der Waals surface area contributed by atoms with Crippen LogP contribution in [0.1, 0.15) is 36.5 Å². The van der Waals surface area contributed by atoms with Gasteiger partial charge in [0.25, 0.3) is 0 Å². The maximum absolute atomic E-state index is 12.2. The number of benzene rings is 2. The SMILES string of the molecule is CCOC(=O)C(C#N)=Cc1ccc(OC(=O)CCCOc2cc(C)ccc2C)c(OC)c1. The summed E-state index contributed by atoms with van der Waals surface area (Å²) in [5.74, 6) is 0.246. The van der Waals surface area contributed by atoms with E-state index in [1.54, 1.807) is 25.1 Å². The van der Waals surface area contributed by atoms with Gasteiger partial charge < -0.3 is 18.9 Å². The third kappa shape index (κ3) is 7.17. The second-order valence-electron chi connectivity index (χ2n) is 7.00. The van der Waals surface area contributed by atoms with Gasteiger partial charge in [0.2, 0.25) is 0 Å². The van der Waals surface area contributed by atoms with E-state index in [2.05, 4.69) is 0 Å². The number of carbonyl (C=O) groups is 2. The number of ether oxygens (including phenoxy) is 4. The van der Waals surface area contributed by atoms with Gasteiger partial charge in [-0.15, -0.1) is 0 Å². The lowest BCUT2D eigenvalue weighted by molar-refractivity contribution is -0.138. The van der Waals surface area contributed by atoms with Crippen molar-refractivity contribution in [2.24, 2.45) is 0 Å². The highest BCUT2D eigenvalue weighted by molar-refractivity contribution is 5.98. The van der Waals surface area contributed by atoms with Crippen molar-refractivity contribution in [2.45, 2.75) is 33.6 Å². The van der Waals surface area contributed by atoms with Crippen LogP contribution in [-0.4, -0.2) is 32.3 Å². The molecule has 0 aliphatic rings. The van der Waals surface area contributed by atoms with E-state index in [4.69, 9.17) is 24.2 Å². The summed E-state index contributed by atoms with van der Waals surface area (Å²) in [4.78, 5) is 24.0. The number of hydrogen-bond donors (Lipinski definition) is 0. The lowest BCUT2D eigenvalue weighted by Crippen LogP contribution is -2.11. The molecule has 0 saturated carbocycles. The van der Waals surface area contributed by atoms with Crippen molar-refractivity contribution >= 4 is 18.0 Å². The molecular formula is C25H27NO6. The van der Waals surface area contributed by atoms with Crippen LogP contribution in [0.5, 0.6) is 17.2 Å². The van der Waals surface area contributed by atoms with E-state index in [1.807, 2.05) is 38.1 Å². The summed E-state index contributed by atoms with van der Waals surface area (Å²) < 4.78 is 21.3. The largest absolute Gasteiger partial charge is 0.493 e. The van der Waals surface area contributed by atoms with Crippen LogP contribution in [0.4, 0.5) is 0 Å². The first-order valence-corrected chi connectivity index (χ1v) is 10.3. The number of methoxy groups -OCH3 is 1. The van der Waals surface area contributed by atoms with E-state index in [1.165, 1.54) is 13.2 Å². The third-order valence-electron chi connectivity index (χ3n) is 4.46. The van der Waals surface area contributed by atoms with E-state index in [-0.39, 0.29) is 24.4 Å². The molecule has 0 heterocycles. The molecule has 0 spiro atoms. The highest BCUT2D eigenvalue weighted by Crippen LogP contribution is 2.29. The predicted octanol–water partition coefficient (Wildman–Crippen LogP) is 4.55. The minimum atomic E-state index is -0.701. The molecule has 0 atom stereocenters. The summed E-state index contributed by atoms with van der Waals surface area (Å²) in [7, 11) is 1.44. The van der Waals surface area contributed by atoms with Gasteiger partial charge in [-0.05, 0) is 68.2 Å². The minimum Gasteiger partial charge on any atom is -0.493 e. The van der Waals surface area contributed by atoms with Gasteiger partial charge in [0.1, 0.15) is 17.4 Å². The number of rotatable bonds is 10. The van der Waals surface area contributed by atoms with Crippen molar-refractivity contribution < 1.29 is 28.5 Å². The average molecular weight is 437 g/mol. The van der Waals surface area contributed by atoms with Gasteiger partial charge >= 0.3 is 11.9 Å². The first-order chi connectivity index (χ1) is 15.4. The molecule has 0 amide bonds. The maximum atomic E-state index is 12.2. The first-order valence-electron chi connectivity index (χ1n) is 10.3. The Hall–Kier alpha value is -3.79. The zero-order valence-corrected chi connectivity index (χ0v) is 18.8. The van der Waals surface area contributed by atoms with Gasteiger partial charge in [-0.1, -0.05) is 18.2 Å². The molecule has 168 valence electrons. The monoisotopic (exact) mass is 437 g/mol. The van der Waals surface area contributed by atoms with Crippen LogP contribution >= 0.6 is 0 Å². The van der Waals surface area contributed by atoms with E-state index in [9.17, 15) is 9.59 Å². The number of nitrogens with zero attached hydrogens (tertiary/aromatic N) is 1. The molecule has 32 heavy (non-hydrogen) atoms. The molecule has 0 aromatic heterocycles. The van der Waals surface area contributed by atoms with Crippen molar-refractivity contribution in [1.29, 1.82) is 5.26 Å². The van der Waals surface area contributed by atoms with Crippen molar-refractivity contribution in [3.63, 3.8) is 0 Å². The van der Waals surface area contributed by atoms with Crippen molar-refractivity contribution in [3.05, 3.63) is 58.7 Å². The molecule has 0 saturated heterocycles. The van der Waals surface area contributed by atoms with Crippen LogP contribution in [0.2, 0.25) is 0 Å². The summed E-state index contributed by atoms with van der Waals surface area (Å²) in [6, 6.07) is 12.5. The van der Waals surface area contributed by atoms with Gasteiger partial charge in [-0.2, -0.15) is 5.26 Å². The fourth-order valence-corrected chi connectivity index (χ4v) is 2.81. The quantitative estimate of drug-likeness (QED) is 0.177. The second kappa shape index (κ2) is 12.2. The summed E-state index contributed by atoms with van der Waals surface area (Å²) in [6.07, 6.45) is 2.06. The van der Waals surface area contributed by atoms with Crippen molar-refractivity contribution in [1.82, 2.24) is 0 Å². The normalized spacial score (nSPS) is 10.8. The third-order valence-corrected chi connectivity index (χ3v) is 4.46. The Morgan fingerprint density at radius 1 is 1.06 bits per heavy atom. The number of esters is 2. The number of carbonyl (C=O) groups excluding carboxylic acids is 2. The van der Waals surface area contributed by atoms with E-state index < -0.39 is 11.9 Å². The predicted molar refractivity (Wildman–Crippen MR) is 119 cm³/mol. The van der Waals surface area contributed by atoms with Crippen LogP contribution in [0.15, 0.2) is 42.0 Å². The molecule has 0 bridgehead atoms. The molecule has 0 aliphatic carbocycles. The molecule has 0 unspecified atom stereocenters. The van der Waals surface area contributed by atoms with E-state index >= 15 is 0 Å². The van der Waals surface area contributed by atoms with Crippen LogP contribution in [0, 0.1) is 25.2 Å². The lowest BCUT2D eigenvalue weighted by Gasteiger charge is -2.11. The first kappa shape index (κ1) is 24.5.